The van der Waals surface area contributed by atoms with Crippen molar-refractivity contribution in [3.05, 3.63) is 60.7 Å². The predicted octanol–water partition coefficient (Wildman–Crippen LogP) is 2.84. The number of rotatable bonds is 6. The Bertz CT molecular complexity index is 635. The molecule has 0 aliphatic carbocycles. The van der Waals surface area contributed by atoms with Crippen LogP contribution in [0.5, 0.6) is 0 Å². The SMILES string of the molecule is CC(C)(C)[Si](OC[C@@H](O)CC#N)(c1ccccc1)c1ccccc1. The van der Waals surface area contributed by atoms with E-state index in [1.54, 1.807) is 0 Å². The summed E-state index contributed by atoms with van der Waals surface area (Å²) in [6.45, 7) is 6.74. The van der Waals surface area contributed by atoms with Gasteiger partial charge < -0.3 is 9.53 Å². The molecule has 0 fully saturated rings. The molecule has 2 aromatic rings. The molecule has 0 spiro atoms. The molecule has 0 amide bonds. The van der Waals surface area contributed by atoms with Crippen LogP contribution in [-0.2, 0) is 4.43 Å². The van der Waals surface area contributed by atoms with Crippen LogP contribution in [0.25, 0.3) is 0 Å². The summed E-state index contributed by atoms with van der Waals surface area (Å²) in [6, 6.07) is 22.6. The average Bonchev–Trinajstić information content (AvgIpc) is 2.56. The molecule has 0 aliphatic heterocycles. The Labute approximate surface area is 145 Å². The Morgan fingerprint density at radius 2 is 1.46 bits per heavy atom. The predicted molar refractivity (Wildman–Crippen MR) is 99.8 cm³/mol. The topological polar surface area (TPSA) is 53.2 Å². The van der Waals surface area contributed by atoms with Crippen LogP contribution in [0.4, 0.5) is 0 Å². The highest BCUT2D eigenvalue weighted by molar-refractivity contribution is 6.99. The van der Waals surface area contributed by atoms with Gasteiger partial charge in [0.15, 0.2) is 0 Å². The minimum absolute atomic E-state index is 0.0815. The molecule has 0 heterocycles. The summed E-state index contributed by atoms with van der Waals surface area (Å²) in [5, 5.41) is 21.1. The number of aliphatic hydroxyl groups is 1. The second-order valence-electron chi connectivity index (χ2n) is 6.99. The van der Waals surface area contributed by atoms with Crippen LogP contribution in [0, 0.1) is 11.3 Å². The van der Waals surface area contributed by atoms with E-state index in [9.17, 15) is 5.11 Å². The van der Waals surface area contributed by atoms with Crippen LogP contribution >= 0.6 is 0 Å². The highest BCUT2D eigenvalue weighted by atomic mass is 28.4. The maximum absolute atomic E-state index is 10.0. The first-order valence-corrected chi connectivity index (χ1v) is 10.1. The van der Waals surface area contributed by atoms with Crippen LogP contribution in [0.15, 0.2) is 60.7 Å². The van der Waals surface area contributed by atoms with Gasteiger partial charge in [-0.15, -0.1) is 0 Å². The van der Waals surface area contributed by atoms with Gasteiger partial charge in [-0.3, -0.25) is 0 Å². The zero-order valence-electron chi connectivity index (χ0n) is 14.6. The Balaban J connectivity index is 2.56. The molecule has 3 nitrogen and oxygen atoms in total. The maximum Gasteiger partial charge on any atom is 0.261 e. The molecule has 1 atom stereocenters. The van der Waals surface area contributed by atoms with Gasteiger partial charge in [0.2, 0.25) is 0 Å². The molecule has 1 N–H and O–H groups in total. The first-order chi connectivity index (χ1) is 11.4. The molecule has 0 unspecified atom stereocenters. The monoisotopic (exact) mass is 339 g/mol. The number of aliphatic hydroxyl groups excluding tert-OH is 1. The van der Waals surface area contributed by atoms with E-state index in [2.05, 4.69) is 45.0 Å². The van der Waals surface area contributed by atoms with E-state index in [1.165, 1.54) is 10.4 Å². The van der Waals surface area contributed by atoms with Crippen molar-refractivity contribution in [2.75, 3.05) is 6.61 Å². The summed E-state index contributed by atoms with van der Waals surface area (Å²) in [4.78, 5) is 0. The lowest BCUT2D eigenvalue weighted by Crippen LogP contribution is -2.67. The van der Waals surface area contributed by atoms with Crippen LogP contribution in [0.3, 0.4) is 0 Å². The fraction of sp³-hybridized carbons (Fsp3) is 0.350. The lowest BCUT2D eigenvalue weighted by atomic mass is 10.2. The Morgan fingerprint density at radius 3 is 1.83 bits per heavy atom. The molecule has 0 aromatic heterocycles. The summed E-state index contributed by atoms with van der Waals surface area (Å²) < 4.78 is 6.52. The van der Waals surface area contributed by atoms with E-state index in [1.807, 2.05) is 42.5 Å². The molecule has 126 valence electrons. The first-order valence-electron chi connectivity index (χ1n) is 8.22. The van der Waals surface area contributed by atoms with E-state index >= 15 is 0 Å². The molecule has 2 rings (SSSR count). The zero-order chi connectivity index (χ0) is 17.6. The van der Waals surface area contributed by atoms with E-state index < -0.39 is 14.4 Å². The molecule has 24 heavy (non-hydrogen) atoms. The molecule has 2 aromatic carbocycles. The van der Waals surface area contributed by atoms with Crippen molar-refractivity contribution in [2.24, 2.45) is 0 Å². The second-order valence-corrected chi connectivity index (χ2v) is 11.3. The normalized spacial score (nSPS) is 13.3. The van der Waals surface area contributed by atoms with E-state index in [4.69, 9.17) is 9.69 Å². The zero-order valence-corrected chi connectivity index (χ0v) is 15.6. The second kappa shape index (κ2) is 7.76. The standard InChI is InChI=1S/C20H25NO2Si/c1-20(2,3)24(18-10-6-4-7-11-18,19-12-8-5-9-13-19)23-16-17(22)14-15-21/h4-13,17,22H,14,16H2,1-3H3/t17-/m0/s1. The summed E-state index contributed by atoms with van der Waals surface area (Å²) in [7, 11) is -2.61. The quantitative estimate of drug-likeness (QED) is 0.824. The largest absolute Gasteiger partial charge is 0.405 e. The number of hydrogen-bond acceptors (Lipinski definition) is 3. The van der Waals surface area contributed by atoms with Gasteiger partial charge in [0, 0.05) is 0 Å². The summed E-state index contributed by atoms with van der Waals surface area (Å²) in [6.07, 6.45) is -0.685. The highest BCUT2D eigenvalue weighted by Crippen LogP contribution is 2.36. The smallest absolute Gasteiger partial charge is 0.261 e. The number of benzene rings is 2. The molecule has 0 aliphatic rings. The molecule has 0 radical (unpaired) electrons. The molecule has 0 bridgehead atoms. The van der Waals surface area contributed by atoms with Gasteiger partial charge in [-0.25, -0.2) is 0 Å². The van der Waals surface area contributed by atoms with Crippen LogP contribution in [-0.4, -0.2) is 26.1 Å². The molecule has 0 saturated carbocycles. The third kappa shape index (κ3) is 3.76. The van der Waals surface area contributed by atoms with E-state index in [0.717, 1.165) is 0 Å². The molecular weight excluding hydrogens is 314 g/mol. The number of nitriles is 1. The first kappa shape index (κ1) is 18.4. The number of hydrogen-bond donors (Lipinski definition) is 1. The minimum Gasteiger partial charge on any atom is -0.405 e. The van der Waals surface area contributed by atoms with Crippen molar-refractivity contribution >= 4 is 18.7 Å². The summed E-state index contributed by atoms with van der Waals surface area (Å²) in [5.74, 6) is 0. The van der Waals surface area contributed by atoms with Crippen molar-refractivity contribution in [1.29, 1.82) is 5.26 Å². The summed E-state index contributed by atoms with van der Waals surface area (Å²) >= 11 is 0. The fourth-order valence-electron chi connectivity index (χ4n) is 3.15. The van der Waals surface area contributed by atoms with Gasteiger partial charge in [0.1, 0.15) is 0 Å². The maximum atomic E-state index is 10.0. The van der Waals surface area contributed by atoms with Gasteiger partial charge in [-0.2, -0.15) is 5.26 Å². The molecule has 0 saturated heterocycles. The molecular formula is C20H25NO2Si. The lowest BCUT2D eigenvalue weighted by molar-refractivity contribution is 0.106. The average molecular weight is 340 g/mol. The van der Waals surface area contributed by atoms with Gasteiger partial charge in [0.25, 0.3) is 8.32 Å². The third-order valence-corrected chi connectivity index (χ3v) is 9.24. The summed E-state index contributed by atoms with van der Waals surface area (Å²) in [5.41, 5.74) is 0. The van der Waals surface area contributed by atoms with Gasteiger partial charge in [-0.1, -0.05) is 81.4 Å². The van der Waals surface area contributed by atoms with Gasteiger partial charge in [0.05, 0.1) is 25.2 Å². The lowest BCUT2D eigenvalue weighted by Gasteiger charge is -2.43. The van der Waals surface area contributed by atoms with Crippen LogP contribution in [0.1, 0.15) is 27.2 Å². The van der Waals surface area contributed by atoms with Crippen molar-refractivity contribution in [1.82, 2.24) is 0 Å². The fourth-order valence-corrected chi connectivity index (χ4v) is 7.74. The van der Waals surface area contributed by atoms with Crippen LogP contribution in [0.2, 0.25) is 5.04 Å². The van der Waals surface area contributed by atoms with E-state index in [0.29, 0.717) is 0 Å². The Hall–Kier alpha value is -1.93. The van der Waals surface area contributed by atoms with Crippen molar-refractivity contribution in [2.45, 2.75) is 38.3 Å². The Morgan fingerprint density at radius 1 is 1.00 bits per heavy atom. The van der Waals surface area contributed by atoms with Crippen molar-refractivity contribution < 1.29 is 9.53 Å². The van der Waals surface area contributed by atoms with Gasteiger partial charge >= 0.3 is 0 Å². The van der Waals surface area contributed by atoms with Crippen molar-refractivity contribution in [3.63, 3.8) is 0 Å². The molecule has 4 heteroatoms. The van der Waals surface area contributed by atoms with Gasteiger partial charge in [-0.05, 0) is 15.4 Å². The highest BCUT2D eigenvalue weighted by Gasteiger charge is 2.50. The van der Waals surface area contributed by atoms with E-state index in [-0.39, 0.29) is 18.1 Å². The van der Waals surface area contributed by atoms with Crippen molar-refractivity contribution in [3.8, 4) is 6.07 Å². The number of nitrogens with zero attached hydrogens (tertiary/aromatic N) is 1. The third-order valence-electron chi connectivity index (χ3n) is 4.24. The Kier molecular flexibility index (Phi) is 5.95. The minimum atomic E-state index is -2.61. The van der Waals surface area contributed by atoms with Crippen LogP contribution < -0.4 is 10.4 Å².